The molecule has 2 aromatic carbocycles. The van der Waals surface area contributed by atoms with Crippen molar-refractivity contribution in [1.82, 2.24) is 5.32 Å². The molecule has 0 bridgehead atoms. The van der Waals surface area contributed by atoms with Crippen LogP contribution in [0.5, 0.6) is 0 Å². The van der Waals surface area contributed by atoms with E-state index in [4.69, 9.17) is 4.74 Å². The summed E-state index contributed by atoms with van der Waals surface area (Å²) in [7, 11) is 0. The lowest BCUT2D eigenvalue weighted by Crippen LogP contribution is -2.36. The first-order valence-corrected chi connectivity index (χ1v) is 13.0. The van der Waals surface area contributed by atoms with Crippen LogP contribution in [0.2, 0.25) is 0 Å². The van der Waals surface area contributed by atoms with E-state index in [1.165, 1.54) is 37.9 Å². The molecule has 1 fully saturated rings. The van der Waals surface area contributed by atoms with E-state index in [1.807, 2.05) is 0 Å². The number of hydrogen-bond acceptors (Lipinski definition) is 6. The summed E-state index contributed by atoms with van der Waals surface area (Å²) in [5, 5.41) is 5.76. The summed E-state index contributed by atoms with van der Waals surface area (Å²) in [5.74, 6) is -0.998. The Kier molecular flexibility index (Phi) is 10.3. The summed E-state index contributed by atoms with van der Waals surface area (Å²) in [4.78, 5) is 49.3. The highest BCUT2D eigenvalue weighted by atomic mass is 32.2. The van der Waals surface area contributed by atoms with Crippen molar-refractivity contribution in [2.24, 2.45) is 0 Å². The minimum absolute atomic E-state index is 0.0402. The zero-order valence-electron chi connectivity index (χ0n) is 20.0. The number of ether oxygens (including phenoxy) is 1. The molecular formula is C27H32N2O5S. The van der Waals surface area contributed by atoms with Crippen molar-refractivity contribution in [3.05, 3.63) is 59.7 Å². The molecule has 186 valence electrons. The van der Waals surface area contributed by atoms with E-state index in [1.54, 1.807) is 48.5 Å². The molecule has 3 rings (SSSR count). The maximum atomic E-state index is 12.7. The van der Waals surface area contributed by atoms with E-state index in [0.717, 1.165) is 25.7 Å². The van der Waals surface area contributed by atoms with Gasteiger partial charge in [-0.2, -0.15) is 0 Å². The van der Waals surface area contributed by atoms with Crippen LogP contribution in [0.3, 0.4) is 0 Å². The van der Waals surface area contributed by atoms with Crippen LogP contribution in [0.25, 0.3) is 0 Å². The minimum atomic E-state index is -0.614. The summed E-state index contributed by atoms with van der Waals surface area (Å²) in [6, 6.07) is 13.5. The highest BCUT2D eigenvalue weighted by Gasteiger charge is 2.18. The number of thioether (sulfide) groups is 1. The van der Waals surface area contributed by atoms with Gasteiger partial charge < -0.3 is 15.4 Å². The molecule has 1 aliphatic rings. The predicted molar refractivity (Wildman–Crippen MR) is 137 cm³/mol. The van der Waals surface area contributed by atoms with Gasteiger partial charge in [-0.05, 0) is 49.2 Å². The molecule has 2 aromatic rings. The van der Waals surface area contributed by atoms with Gasteiger partial charge in [0.05, 0.1) is 11.3 Å². The van der Waals surface area contributed by atoms with Crippen LogP contribution in [0.1, 0.15) is 72.6 Å². The highest BCUT2D eigenvalue weighted by molar-refractivity contribution is 8.00. The third-order valence-electron chi connectivity index (χ3n) is 5.80. The third-order valence-corrected chi connectivity index (χ3v) is 6.87. The summed E-state index contributed by atoms with van der Waals surface area (Å²) >= 11 is 1.29. The van der Waals surface area contributed by atoms with Gasteiger partial charge >= 0.3 is 5.97 Å². The van der Waals surface area contributed by atoms with Gasteiger partial charge in [0.2, 0.25) is 11.8 Å². The second-order valence-electron chi connectivity index (χ2n) is 8.65. The Morgan fingerprint density at radius 3 is 2.26 bits per heavy atom. The van der Waals surface area contributed by atoms with Crippen molar-refractivity contribution >= 4 is 41.0 Å². The molecule has 2 amide bonds. The average molecular weight is 497 g/mol. The number of ketones is 1. The Morgan fingerprint density at radius 2 is 1.57 bits per heavy atom. The van der Waals surface area contributed by atoms with Crippen molar-refractivity contribution < 1.29 is 23.9 Å². The third kappa shape index (κ3) is 8.87. The molecule has 0 atom stereocenters. The van der Waals surface area contributed by atoms with Gasteiger partial charge in [0.15, 0.2) is 12.4 Å². The first-order valence-electron chi connectivity index (χ1n) is 12.0. The Bertz CT molecular complexity index is 1030. The van der Waals surface area contributed by atoms with Gasteiger partial charge in [0, 0.05) is 29.1 Å². The van der Waals surface area contributed by atoms with E-state index in [2.05, 4.69) is 10.6 Å². The quantitative estimate of drug-likeness (QED) is 0.288. The van der Waals surface area contributed by atoms with E-state index in [-0.39, 0.29) is 29.4 Å². The molecule has 0 spiro atoms. The Balaban J connectivity index is 1.51. The normalized spacial score (nSPS) is 14.3. The smallest absolute Gasteiger partial charge is 0.339 e. The fourth-order valence-electron chi connectivity index (χ4n) is 4.01. The number of anilines is 1. The maximum absolute atomic E-state index is 12.7. The predicted octanol–water partition coefficient (Wildman–Crippen LogP) is 5.01. The summed E-state index contributed by atoms with van der Waals surface area (Å²) in [6.45, 7) is 1.000. The lowest BCUT2D eigenvalue weighted by Gasteiger charge is -2.21. The van der Waals surface area contributed by atoms with Crippen molar-refractivity contribution in [1.29, 1.82) is 0 Å². The molecule has 0 radical (unpaired) electrons. The number of rotatable bonds is 9. The second kappa shape index (κ2) is 13.7. The van der Waals surface area contributed by atoms with Gasteiger partial charge in [-0.25, -0.2) is 4.79 Å². The molecule has 7 nitrogen and oxygen atoms in total. The van der Waals surface area contributed by atoms with Gasteiger partial charge in [0.1, 0.15) is 0 Å². The Labute approximate surface area is 210 Å². The Morgan fingerprint density at radius 1 is 0.914 bits per heavy atom. The van der Waals surface area contributed by atoms with Gasteiger partial charge in [-0.3, -0.25) is 14.4 Å². The standard InChI is InChI=1S/C27H32N2O5S/c1-19(30)28-22-15-13-20(14-16-22)24(31)17-34-27(33)23-11-7-8-12-25(23)35-18-26(32)29-21-9-5-3-2-4-6-10-21/h7-8,11-16,21H,2-6,9-10,17-18H2,1H3,(H,28,30)(H,29,32). The molecule has 1 saturated carbocycles. The van der Waals surface area contributed by atoms with Crippen LogP contribution in [-0.4, -0.2) is 42.0 Å². The molecule has 0 aromatic heterocycles. The van der Waals surface area contributed by atoms with Gasteiger partial charge in [-0.15, -0.1) is 11.8 Å². The number of amides is 2. The van der Waals surface area contributed by atoms with E-state index >= 15 is 0 Å². The highest BCUT2D eigenvalue weighted by Crippen LogP contribution is 2.24. The molecule has 0 aliphatic heterocycles. The lowest BCUT2D eigenvalue weighted by atomic mass is 9.97. The monoisotopic (exact) mass is 496 g/mol. The largest absolute Gasteiger partial charge is 0.454 e. The maximum Gasteiger partial charge on any atom is 0.339 e. The topological polar surface area (TPSA) is 102 Å². The van der Waals surface area contributed by atoms with Crippen LogP contribution in [0, 0.1) is 0 Å². The summed E-state index contributed by atoms with van der Waals surface area (Å²) in [5.41, 5.74) is 1.28. The number of benzene rings is 2. The number of Topliss-reactive ketones (excluding diaryl/α,β-unsaturated/α-hetero) is 1. The number of carbonyl (C=O) groups is 4. The van der Waals surface area contributed by atoms with E-state index < -0.39 is 12.6 Å². The van der Waals surface area contributed by atoms with Crippen LogP contribution in [0.4, 0.5) is 5.69 Å². The molecular weight excluding hydrogens is 464 g/mol. The van der Waals surface area contributed by atoms with Gasteiger partial charge in [-0.1, -0.05) is 44.2 Å². The molecule has 2 N–H and O–H groups in total. The zero-order valence-corrected chi connectivity index (χ0v) is 20.8. The minimum Gasteiger partial charge on any atom is -0.454 e. The average Bonchev–Trinajstić information content (AvgIpc) is 2.83. The number of carbonyl (C=O) groups excluding carboxylic acids is 4. The van der Waals surface area contributed by atoms with E-state index in [0.29, 0.717) is 21.7 Å². The second-order valence-corrected chi connectivity index (χ2v) is 9.67. The van der Waals surface area contributed by atoms with Crippen molar-refractivity contribution in [2.75, 3.05) is 17.7 Å². The zero-order chi connectivity index (χ0) is 25.0. The van der Waals surface area contributed by atoms with Gasteiger partial charge in [0.25, 0.3) is 0 Å². The number of hydrogen-bond donors (Lipinski definition) is 2. The van der Waals surface area contributed by atoms with Crippen LogP contribution >= 0.6 is 11.8 Å². The number of nitrogens with one attached hydrogen (secondary N) is 2. The van der Waals surface area contributed by atoms with Crippen molar-refractivity contribution in [3.8, 4) is 0 Å². The molecule has 0 unspecified atom stereocenters. The van der Waals surface area contributed by atoms with Crippen molar-refractivity contribution in [3.63, 3.8) is 0 Å². The Hall–Kier alpha value is -3.13. The summed E-state index contributed by atoms with van der Waals surface area (Å²) in [6.07, 6.45) is 8.05. The molecule has 8 heteroatoms. The first-order chi connectivity index (χ1) is 16.9. The lowest BCUT2D eigenvalue weighted by molar-refractivity contribution is -0.119. The fourth-order valence-corrected chi connectivity index (χ4v) is 4.86. The van der Waals surface area contributed by atoms with Crippen LogP contribution in [0.15, 0.2) is 53.4 Å². The molecule has 1 aliphatic carbocycles. The van der Waals surface area contributed by atoms with E-state index in [9.17, 15) is 19.2 Å². The fraction of sp³-hybridized carbons (Fsp3) is 0.407. The summed E-state index contributed by atoms with van der Waals surface area (Å²) < 4.78 is 5.26. The first kappa shape index (κ1) is 26.5. The van der Waals surface area contributed by atoms with Crippen molar-refractivity contribution in [2.45, 2.75) is 62.8 Å². The van der Waals surface area contributed by atoms with Crippen LogP contribution < -0.4 is 10.6 Å². The number of esters is 1. The van der Waals surface area contributed by atoms with Crippen LogP contribution in [-0.2, 0) is 14.3 Å². The molecule has 35 heavy (non-hydrogen) atoms. The molecule has 0 saturated heterocycles. The molecule has 0 heterocycles. The SMILES string of the molecule is CC(=O)Nc1ccc(C(=O)COC(=O)c2ccccc2SCC(=O)NC2CCCCCCC2)cc1.